The van der Waals surface area contributed by atoms with Gasteiger partial charge < -0.3 is 4.98 Å². The van der Waals surface area contributed by atoms with Crippen LogP contribution in [0.15, 0.2) is 52.9 Å². The molecule has 2 aliphatic carbocycles. The van der Waals surface area contributed by atoms with Crippen LogP contribution in [0.4, 0.5) is 0 Å². The summed E-state index contributed by atoms with van der Waals surface area (Å²) in [6.07, 6.45) is 4.08. The first-order chi connectivity index (χ1) is 14.5. The summed E-state index contributed by atoms with van der Waals surface area (Å²) in [4.78, 5) is 20.8. The molecule has 31 heavy (non-hydrogen) atoms. The predicted molar refractivity (Wildman–Crippen MR) is 122 cm³/mol. The molecular formula is C24H23ClN2O3S. The van der Waals surface area contributed by atoms with Gasteiger partial charge in [-0.15, -0.1) is 0 Å². The van der Waals surface area contributed by atoms with Crippen molar-refractivity contribution in [2.45, 2.75) is 38.5 Å². The highest BCUT2D eigenvalue weighted by Gasteiger charge is 2.63. The highest BCUT2D eigenvalue weighted by molar-refractivity contribution is 8.13. The quantitative estimate of drug-likeness (QED) is 0.414. The number of ketones is 1. The average Bonchev–Trinajstić information content (AvgIpc) is 3.27. The molecule has 1 aromatic heterocycles. The number of nitrogens with one attached hydrogen (secondary N) is 1. The SMILES string of the molecule is CC12CCC(C(=Cc3ccc(-c4nc5ccc(S(=O)(=O)Cl)cc5[nH]4)cc3)C1=O)C2(C)C. The number of aromatic nitrogens is 2. The van der Waals surface area contributed by atoms with E-state index in [0.717, 1.165) is 29.5 Å². The number of hydrogen-bond donors (Lipinski definition) is 1. The van der Waals surface area contributed by atoms with Gasteiger partial charge in [-0.3, -0.25) is 4.79 Å². The van der Waals surface area contributed by atoms with Crippen molar-refractivity contribution in [3.05, 3.63) is 53.6 Å². The van der Waals surface area contributed by atoms with Gasteiger partial charge in [-0.05, 0) is 59.6 Å². The molecule has 2 atom stereocenters. The Hall–Kier alpha value is -2.44. The lowest BCUT2D eigenvalue weighted by molar-refractivity contribution is -0.125. The molecule has 0 saturated heterocycles. The number of H-pyrrole nitrogens is 1. The number of allylic oxidation sites excluding steroid dienone is 1. The molecule has 3 aromatic rings. The zero-order chi connectivity index (χ0) is 22.2. The summed E-state index contributed by atoms with van der Waals surface area (Å²) < 4.78 is 23.1. The van der Waals surface area contributed by atoms with Crippen LogP contribution in [-0.2, 0) is 13.8 Å². The van der Waals surface area contributed by atoms with E-state index >= 15 is 0 Å². The molecule has 7 heteroatoms. The fourth-order valence-electron chi connectivity index (χ4n) is 5.29. The maximum absolute atomic E-state index is 13.1. The maximum Gasteiger partial charge on any atom is 0.261 e. The molecule has 0 radical (unpaired) electrons. The second kappa shape index (κ2) is 6.53. The second-order valence-electron chi connectivity index (χ2n) is 9.40. The van der Waals surface area contributed by atoms with Gasteiger partial charge in [0.25, 0.3) is 9.05 Å². The van der Waals surface area contributed by atoms with E-state index in [9.17, 15) is 13.2 Å². The van der Waals surface area contributed by atoms with Gasteiger partial charge in [0.2, 0.25) is 0 Å². The molecular weight excluding hydrogens is 432 g/mol. The zero-order valence-electron chi connectivity index (χ0n) is 17.6. The molecule has 1 heterocycles. The van der Waals surface area contributed by atoms with Gasteiger partial charge in [0, 0.05) is 21.7 Å². The van der Waals surface area contributed by atoms with Gasteiger partial charge in [-0.2, -0.15) is 0 Å². The summed E-state index contributed by atoms with van der Waals surface area (Å²) in [7, 11) is 1.64. The Labute approximate surface area is 186 Å². The first-order valence-corrected chi connectivity index (χ1v) is 12.6. The fourth-order valence-corrected chi connectivity index (χ4v) is 6.06. The number of halogens is 1. The van der Waals surface area contributed by atoms with Crippen LogP contribution >= 0.6 is 10.7 Å². The minimum atomic E-state index is -3.80. The number of imidazole rings is 1. The van der Waals surface area contributed by atoms with Crippen LogP contribution in [-0.4, -0.2) is 24.2 Å². The minimum absolute atomic E-state index is 0.000498. The van der Waals surface area contributed by atoms with E-state index in [1.165, 1.54) is 12.1 Å². The van der Waals surface area contributed by atoms with E-state index in [4.69, 9.17) is 10.7 Å². The third-order valence-electron chi connectivity index (χ3n) is 7.61. The molecule has 1 N–H and O–H groups in total. The van der Waals surface area contributed by atoms with Crippen molar-refractivity contribution in [3.63, 3.8) is 0 Å². The van der Waals surface area contributed by atoms with Crippen molar-refractivity contribution in [3.8, 4) is 11.4 Å². The molecule has 0 aliphatic heterocycles. The Morgan fingerprint density at radius 2 is 1.84 bits per heavy atom. The Morgan fingerprint density at radius 3 is 2.45 bits per heavy atom. The highest BCUT2D eigenvalue weighted by Crippen LogP contribution is 2.65. The molecule has 0 amide bonds. The molecule has 160 valence electrons. The Morgan fingerprint density at radius 1 is 1.13 bits per heavy atom. The number of carbonyl (C=O) groups excluding carboxylic acids is 1. The minimum Gasteiger partial charge on any atom is -0.338 e. The smallest absolute Gasteiger partial charge is 0.261 e. The van der Waals surface area contributed by atoms with Crippen LogP contribution in [0.1, 0.15) is 39.2 Å². The summed E-state index contributed by atoms with van der Waals surface area (Å²) in [6, 6.07) is 12.4. The Bertz CT molecular complexity index is 1370. The molecule has 2 unspecified atom stereocenters. The van der Waals surface area contributed by atoms with Crippen LogP contribution in [0.2, 0.25) is 0 Å². The monoisotopic (exact) mass is 454 g/mol. The largest absolute Gasteiger partial charge is 0.338 e. The van der Waals surface area contributed by atoms with Crippen LogP contribution < -0.4 is 0 Å². The number of rotatable bonds is 3. The van der Waals surface area contributed by atoms with Crippen molar-refractivity contribution in [2.75, 3.05) is 0 Å². The lowest BCUT2D eigenvalue weighted by Gasteiger charge is -2.31. The van der Waals surface area contributed by atoms with E-state index in [-0.39, 0.29) is 15.7 Å². The summed E-state index contributed by atoms with van der Waals surface area (Å²) >= 11 is 0. The molecule has 2 bridgehead atoms. The van der Waals surface area contributed by atoms with Gasteiger partial charge in [0.05, 0.1) is 15.9 Å². The molecule has 2 aliphatic rings. The van der Waals surface area contributed by atoms with Gasteiger partial charge in [0.15, 0.2) is 5.78 Å². The number of Topliss-reactive ketones (excluding diaryl/α,β-unsaturated/α-hetero) is 1. The molecule has 2 fully saturated rings. The zero-order valence-corrected chi connectivity index (χ0v) is 19.1. The first-order valence-electron chi connectivity index (χ1n) is 10.3. The van der Waals surface area contributed by atoms with Crippen molar-refractivity contribution in [1.29, 1.82) is 0 Å². The maximum atomic E-state index is 13.1. The number of nitrogens with zero attached hydrogens (tertiary/aromatic N) is 1. The van der Waals surface area contributed by atoms with E-state index in [2.05, 4.69) is 30.7 Å². The highest BCUT2D eigenvalue weighted by atomic mass is 35.7. The number of hydrogen-bond acceptors (Lipinski definition) is 4. The standard InChI is InChI=1S/C24H23ClN2O3S/c1-23(2)18-10-11-24(23,3)21(28)17(18)12-14-4-6-15(7-5-14)22-26-19-9-8-16(31(25,29)30)13-20(19)27-22/h4-9,12-13,18H,10-11H2,1-3H3,(H,26,27). The fraction of sp³-hybridized carbons (Fsp3) is 0.333. The summed E-state index contributed by atoms with van der Waals surface area (Å²) in [5.41, 5.74) is 3.82. The average molecular weight is 455 g/mol. The number of benzene rings is 2. The van der Waals surface area contributed by atoms with Gasteiger partial charge in [0.1, 0.15) is 5.82 Å². The predicted octanol–water partition coefficient (Wildman–Crippen LogP) is 5.57. The van der Waals surface area contributed by atoms with E-state index in [0.29, 0.717) is 28.6 Å². The third kappa shape index (κ3) is 2.99. The van der Waals surface area contributed by atoms with Crippen LogP contribution in [0, 0.1) is 16.7 Å². The van der Waals surface area contributed by atoms with E-state index < -0.39 is 9.05 Å². The Kier molecular flexibility index (Phi) is 4.31. The lowest BCUT2D eigenvalue weighted by atomic mass is 9.70. The lowest BCUT2D eigenvalue weighted by Crippen LogP contribution is -2.32. The molecule has 0 spiro atoms. The van der Waals surface area contributed by atoms with Crippen molar-refractivity contribution >= 4 is 42.6 Å². The summed E-state index contributed by atoms with van der Waals surface area (Å²) in [6.45, 7) is 6.55. The summed E-state index contributed by atoms with van der Waals surface area (Å²) in [5.74, 6) is 1.25. The molecule has 5 rings (SSSR count). The van der Waals surface area contributed by atoms with Crippen LogP contribution in [0.3, 0.4) is 0 Å². The Balaban J connectivity index is 1.46. The van der Waals surface area contributed by atoms with Gasteiger partial charge in [-0.25, -0.2) is 13.4 Å². The van der Waals surface area contributed by atoms with E-state index in [1.54, 1.807) is 6.07 Å². The summed E-state index contributed by atoms with van der Waals surface area (Å²) in [5, 5.41) is 0. The normalized spacial score (nSPS) is 26.3. The molecule has 2 saturated carbocycles. The molecule has 2 aromatic carbocycles. The topological polar surface area (TPSA) is 79.9 Å². The third-order valence-corrected chi connectivity index (χ3v) is 8.96. The van der Waals surface area contributed by atoms with E-state index in [1.807, 2.05) is 30.3 Å². The number of fused-ring (bicyclic) bond motifs is 3. The van der Waals surface area contributed by atoms with Crippen molar-refractivity contribution in [1.82, 2.24) is 9.97 Å². The number of aromatic amines is 1. The first kappa shape index (κ1) is 20.5. The van der Waals surface area contributed by atoms with Crippen LogP contribution in [0.25, 0.3) is 28.5 Å². The van der Waals surface area contributed by atoms with Gasteiger partial charge >= 0.3 is 0 Å². The van der Waals surface area contributed by atoms with Gasteiger partial charge in [-0.1, -0.05) is 45.0 Å². The van der Waals surface area contributed by atoms with Crippen molar-refractivity contribution in [2.24, 2.45) is 16.7 Å². The van der Waals surface area contributed by atoms with Crippen LogP contribution in [0.5, 0.6) is 0 Å². The number of carbonyl (C=O) groups is 1. The second-order valence-corrected chi connectivity index (χ2v) is 12.0. The van der Waals surface area contributed by atoms with Crippen molar-refractivity contribution < 1.29 is 13.2 Å². The molecule has 5 nitrogen and oxygen atoms in total.